The number of carbonyl (C=O) groups excluding carboxylic acids is 2. The average molecular weight is 469 g/mol. The van der Waals surface area contributed by atoms with E-state index in [-0.39, 0.29) is 24.2 Å². The molecule has 0 bridgehead atoms. The van der Waals surface area contributed by atoms with E-state index in [1.165, 1.54) is 23.1 Å². The molecular formula is C23H27Cl2FN2O3. The van der Waals surface area contributed by atoms with Crippen LogP contribution in [0.2, 0.25) is 10.0 Å². The van der Waals surface area contributed by atoms with Crippen LogP contribution in [-0.2, 0) is 16.1 Å². The first kappa shape index (κ1) is 25.0. The van der Waals surface area contributed by atoms with E-state index in [2.05, 4.69) is 5.32 Å². The molecule has 8 heteroatoms. The lowest BCUT2D eigenvalue weighted by molar-refractivity contribution is -0.143. The summed E-state index contributed by atoms with van der Waals surface area (Å²) in [6.45, 7) is 5.41. The fourth-order valence-corrected chi connectivity index (χ4v) is 3.30. The summed E-state index contributed by atoms with van der Waals surface area (Å²) in [6.07, 6.45) is 1.16. The maximum absolute atomic E-state index is 13.9. The molecule has 0 saturated carbocycles. The molecule has 2 aromatic rings. The van der Waals surface area contributed by atoms with Gasteiger partial charge in [-0.1, -0.05) is 55.2 Å². The Morgan fingerprint density at radius 2 is 1.81 bits per heavy atom. The highest BCUT2D eigenvalue weighted by Gasteiger charge is 2.29. The van der Waals surface area contributed by atoms with Gasteiger partial charge in [0.2, 0.25) is 5.91 Å². The highest BCUT2D eigenvalue weighted by Crippen LogP contribution is 2.24. The highest BCUT2D eigenvalue weighted by atomic mass is 35.5. The monoisotopic (exact) mass is 468 g/mol. The van der Waals surface area contributed by atoms with E-state index in [9.17, 15) is 14.0 Å². The van der Waals surface area contributed by atoms with Gasteiger partial charge in [-0.05, 0) is 49.6 Å². The Kier molecular flexibility index (Phi) is 9.59. The fraction of sp³-hybridized carbons (Fsp3) is 0.391. The summed E-state index contributed by atoms with van der Waals surface area (Å²) >= 11 is 12.1. The molecule has 2 aromatic carbocycles. The molecule has 2 atom stereocenters. The summed E-state index contributed by atoms with van der Waals surface area (Å²) < 4.78 is 19.3. The van der Waals surface area contributed by atoms with Gasteiger partial charge in [0, 0.05) is 12.6 Å². The Bertz CT molecular complexity index is 910. The van der Waals surface area contributed by atoms with Gasteiger partial charge < -0.3 is 15.0 Å². The SMILES string of the molecule is CCC(C)NC(=O)C(CC)N(Cc1ccc(Cl)c(Cl)c1)C(=O)COc1ccccc1F. The molecule has 0 aromatic heterocycles. The van der Waals surface area contributed by atoms with Crippen molar-refractivity contribution in [1.82, 2.24) is 10.2 Å². The Morgan fingerprint density at radius 3 is 2.42 bits per heavy atom. The molecule has 2 unspecified atom stereocenters. The number of nitrogens with zero attached hydrogens (tertiary/aromatic N) is 1. The Morgan fingerprint density at radius 1 is 1.10 bits per heavy atom. The van der Waals surface area contributed by atoms with Crippen molar-refractivity contribution in [3.8, 4) is 5.75 Å². The van der Waals surface area contributed by atoms with Gasteiger partial charge in [-0.3, -0.25) is 9.59 Å². The number of amides is 2. The van der Waals surface area contributed by atoms with Crippen molar-refractivity contribution < 1.29 is 18.7 Å². The first-order chi connectivity index (χ1) is 14.8. The van der Waals surface area contributed by atoms with Crippen LogP contribution in [0.1, 0.15) is 39.2 Å². The van der Waals surface area contributed by atoms with Gasteiger partial charge >= 0.3 is 0 Å². The lowest BCUT2D eigenvalue weighted by Crippen LogP contribution is -2.51. The summed E-state index contributed by atoms with van der Waals surface area (Å²) in [4.78, 5) is 27.4. The molecule has 0 fully saturated rings. The van der Waals surface area contributed by atoms with Crippen LogP contribution >= 0.6 is 23.2 Å². The maximum Gasteiger partial charge on any atom is 0.261 e. The van der Waals surface area contributed by atoms with Crippen LogP contribution in [0.3, 0.4) is 0 Å². The smallest absolute Gasteiger partial charge is 0.261 e. The van der Waals surface area contributed by atoms with E-state index >= 15 is 0 Å². The molecule has 5 nitrogen and oxygen atoms in total. The molecule has 0 radical (unpaired) electrons. The number of hydrogen-bond acceptors (Lipinski definition) is 3. The number of nitrogens with one attached hydrogen (secondary N) is 1. The molecule has 0 aliphatic rings. The summed E-state index contributed by atoms with van der Waals surface area (Å²) in [5.74, 6) is -1.29. The minimum absolute atomic E-state index is 0.0255. The van der Waals surface area contributed by atoms with E-state index in [1.54, 1.807) is 24.3 Å². The normalized spacial score (nSPS) is 12.7. The van der Waals surface area contributed by atoms with Gasteiger partial charge in [0.05, 0.1) is 10.0 Å². The van der Waals surface area contributed by atoms with Gasteiger partial charge in [0.1, 0.15) is 6.04 Å². The highest BCUT2D eigenvalue weighted by molar-refractivity contribution is 6.42. The second-order valence-electron chi connectivity index (χ2n) is 7.23. The van der Waals surface area contributed by atoms with E-state index in [1.807, 2.05) is 20.8 Å². The second kappa shape index (κ2) is 11.9. The molecule has 0 saturated heterocycles. The van der Waals surface area contributed by atoms with Crippen LogP contribution in [-0.4, -0.2) is 35.4 Å². The molecule has 1 N–H and O–H groups in total. The van der Waals surface area contributed by atoms with Crippen molar-refractivity contribution in [2.24, 2.45) is 0 Å². The van der Waals surface area contributed by atoms with Crippen molar-refractivity contribution in [3.05, 3.63) is 63.9 Å². The molecule has 2 amide bonds. The first-order valence-corrected chi connectivity index (χ1v) is 10.9. The van der Waals surface area contributed by atoms with Gasteiger partial charge in [-0.15, -0.1) is 0 Å². The Labute approximate surface area is 192 Å². The number of benzene rings is 2. The van der Waals surface area contributed by atoms with E-state index in [4.69, 9.17) is 27.9 Å². The number of rotatable bonds is 10. The Hall–Kier alpha value is -2.31. The molecule has 0 aliphatic carbocycles. The largest absolute Gasteiger partial charge is 0.481 e. The van der Waals surface area contributed by atoms with Gasteiger partial charge in [0.25, 0.3) is 5.91 Å². The van der Waals surface area contributed by atoms with E-state index in [0.717, 1.165) is 6.42 Å². The second-order valence-corrected chi connectivity index (χ2v) is 8.05. The summed E-state index contributed by atoms with van der Waals surface area (Å²) in [5.41, 5.74) is 0.712. The van der Waals surface area contributed by atoms with Gasteiger partial charge in [-0.2, -0.15) is 0 Å². The van der Waals surface area contributed by atoms with Crippen molar-refractivity contribution in [2.75, 3.05) is 6.61 Å². The molecule has 2 rings (SSSR count). The number of ether oxygens (including phenoxy) is 1. The number of hydrogen-bond donors (Lipinski definition) is 1. The van der Waals surface area contributed by atoms with Crippen molar-refractivity contribution in [2.45, 2.75) is 52.2 Å². The van der Waals surface area contributed by atoms with Crippen LogP contribution in [0.5, 0.6) is 5.75 Å². The topological polar surface area (TPSA) is 58.6 Å². The van der Waals surface area contributed by atoms with Crippen molar-refractivity contribution >= 4 is 35.0 Å². The molecule has 0 aliphatic heterocycles. The quantitative estimate of drug-likeness (QED) is 0.518. The maximum atomic E-state index is 13.9. The van der Waals surface area contributed by atoms with Crippen LogP contribution in [0, 0.1) is 5.82 Å². The van der Waals surface area contributed by atoms with Crippen molar-refractivity contribution in [1.29, 1.82) is 0 Å². The van der Waals surface area contributed by atoms with Crippen molar-refractivity contribution in [3.63, 3.8) is 0 Å². The average Bonchev–Trinajstić information content (AvgIpc) is 2.75. The lowest BCUT2D eigenvalue weighted by Gasteiger charge is -2.31. The minimum Gasteiger partial charge on any atom is -0.481 e. The third-order valence-electron chi connectivity index (χ3n) is 4.91. The van der Waals surface area contributed by atoms with Crippen LogP contribution < -0.4 is 10.1 Å². The molecule has 0 heterocycles. The van der Waals surface area contributed by atoms with Crippen LogP contribution in [0.15, 0.2) is 42.5 Å². The molecular weight excluding hydrogens is 442 g/mol. The Balaban J connectivity index is 2.26. The van der Waals surface area contributed by atoms with Gasteiger partial charge in [-0.25, -0.2) is 4.39 Å². The number of para-hydroxylation sites is 1. The van der Waals surface area contributed by atoms with Crippen LogP contribution in [0.4, 0.5) is 4.39 Å². The zero-order valence-electron chi connectivity index (χ0n) is 17.8. The van der Waals surface area contributed by atoms with E-state index in [0.29, 0.717) is 22.0 Å². The number of halogens is 3. The third kappa shape index (κ3) is 7.11. The first-order valence-electron chi connectivity index (χ1n) is 10.2. The predicted octanol–water partition coefficient (Wildman–Crippen LogP) is 5.23. The minimum atomic E-state index is -0.722. The third-order valence-corrected chi connectivity index (χ3v) is 5.65. The standard InChI is InChI=1S/C23H27Cl2FN2O3/c1-4-15(3)27-23(30)20(5-2)28(13-16-10-11-17(24)18(25)12-16)22(29)14-31-21-9-7-6-8-19(21)26/h6-12,15,20H,4-5,13-14H2,1-3H3,(H,27,30). The molecule has 31 heavy (non-hydrogen) atoms. The zero-order valence-corrected chi connectivity index (χ0v) is 19.3. The fourth-order valence-electron chi connectivity index (χ4n) is 2.98. The summed E-state index contributed by atoms with van der Waals surface area (Å²) in [5, 5.41) is 3.67. The summed E-state index contributed by atoms with van der Waals surface area (Å²) in [7, 11) is 0. The predicted molar refractivity (Wildman–Crippen MR) is 121 cm³/mol. The molecule has 0 spiro atoms. The van der Waals surface area contributed by atoms with Crippen LogP contribution in [0.25, 0.3) is 0 Å². The number of carbonyl (C=O) groups is 2. The van der Waals surface area contributed by atoms with E-state index < -0.39 is 24.4 Å². The van der Waals surface area contributed by atoms with Gasteiger partial charge in [0.15, 0.2) is 18.2 Å². The zero-order chi connectivity index (χ0) is 23.0. The molecule has 168 valence electrons. The summed E-state index contributed by atoms with van der Waals surface area (Å²) in [6, 6.07) is 10.1. The lowest BCUT2D eigenvalue weighted by atomic mass is 10.1.